The van der Waals surface area contributed by atoms with Gasteiger partial charge in [0.2, 0.25) is 0 Å². The molecule has 1 unspecified atom stereocenters. The summed E-state index contributed by atoms with van der Waals surface area (Å²) in [6.07, 6.45) is -0.0469. The third-order valence-corrected chi connectivity index (χ3v) is 4.38. The summed E-state index contributed by atoms with van der Waals surface area (Å²) in [6.45, 7) is 3.98. The molecule has 150 valence electrons. The van der Waals surface area contributed by atoms with E-state index in [1.165, 1.54) is 7.11 Å². The van der Waals surface area contributed by atoms with E-state index in [2.05, 4.69) is 39.6 Å². The molecule has 2 aromatic rings. The third-order valence-electron chi connectivity index (χ3n) is 3.79. The van der Waals surface area contributed by atoms with Gasteiger partial charge in [0.15, 0.2) is 17.6 Å². The van der Waals surface area contributed by atoms with Gasteiger partial charge in [-0.2, -0.15) is 0 Å². The van der Waals surface area contributed by atoms with Gasteiger partial charge in [0.25, 0.3) is 0 Å². The number of ether oxygens (including phenoxy) is 3. The second-order valence-corrected chi connectivity index (χ2v) is 7.32. The maximum Gasteiger partial charge on any atom is 0.385 e. The molecule has 0 amide bonds. The van der Waals surface area contributed by atoms with Crippen molar-refractivity contribution in [3.63, 3.8) is 0 Å². The minimum Gasteiger partial charge on any atom is -0.493 e. The smallest absolute Gasteiger partial charge is 0.385 e. The Hall–Kier alpha value is -2.89. The number of carbonyl (C=O) groups is 1. The summed E-state index contributed by atoms with van der Waals surface area (Å²) in [5, 5.41) is 0. The molecule has 29 heavy (non-hydrogen) atoms. The first-order chi connectivity index (χ1) is 13.9. The predicted molar refractivity (Wildman–Crippen MR) is 117 cm³/mol. The highest BCUT2D eigenvalue weighted by Crippen LogP contribution is 2.35. The maximum atomic E-state index is 12.3. The summed E-state index contributed by atoms with van der Waals surface area (Å²) in [5.41, 5.74) is 1.64. The van der Waals surface area contributed by atoms with E-state index in [0.29, 0.717) is 28.0 Å². The number of carbonyl (C=O) groups excluding carboxylic acids is 1. The molecule has 0 saturated carbocycles. The maximum absolute atomic E-state index is 12.3. The lowest BCUT2D eigenvalue weighted by Crippen LogP contribution is -2.18. The number of halogens is 1. The molecule has 4 nitrogen and oxygen atoms in total. The van der Waals surface area contributed by atoms with Crippen molar-refractivity contribution >= 4 is 21.9 Å². The van der Waals surface area contributed by atoms with Gasteiger partial charge in [-0.05, 0) is 33.6 Å². The zero-order valence-corrected chi connectivity index (χ0v) is 18.5. The highest BCUT2D eigenvalue weighted by molar-refractivity contribution is 9.10. The second-order valence-electron chi connectivity index (χ2n) is 6.47. The first kappa shape index (κ1) is 22.4. The molecule has 0 aromatic heterocycles. The van der Waals surface area contributed by atoms with E-state index < -0.39 is 12.1 Å². The Kier molecular flexibility index (Phi) is 8.65. The third kappa shape index (κ3) is 7.22. The Labute approximate surface area is 180 Å². The molecular weight excluding hydrogens is 432 g/mol. The van der Waals surface area contributed by atoms with Crippen molar-refractivity contribution in [2.24, 2.45) is 5.92 Å². The lowest BCUT2D eigenvalue weighted by Gasteiger charge is -2.11. The van der Waals surface area contributed by atoms with Crippen molar-refractivity contribution in [3.8, 4) is 35.2 Å². The van der Waals surface area contributed by atoms with Crippen molar-refractivity contribution in [3.05, 3.63) is 58.1 Å². The van der Waals surface area contributed by atoms with Gasteiger partial charge in [-0.15, -0.1) is 0 Å². The Morgan fingerprint density at radius 1 is 1.07 bits per heavy atom. The number of esters is 1. The monoisotopic (exact) mass is 454 g/mol. The summed E-state index contributed by atoms with van der Waals surface area (Å²) < 4.78 is 16.8. The van der Waals surface area contributed by atoms with Crippen LogP contribution in [0.5, 0.6) is 11.5 Å². The van der Waals surface area contributed by atoms with E-state index in [4.69, 9.17) is 14.2 Å². The fourth-order valence-corrected chi connectivity index (χ4v) is 3.09. The lowest BCUT2D eigenvalue weighted by molar-refractivity contribution is -0.139. The minimum absolute atomic E-state index is 0.183. The van der Waals surface area contributed by atoms with Gasteiger partial charge in [0.1, 0.15) is 0 Å². The summed E-state index contributed by atoms with van der Waals surface area (Å²) in [5.74, 6) is 12.1. The van der Waals surface area contributed by atoms with E-state index >= 15 is 0 Å². The van der Waals surface area contributed by atoms with Crippen LogP contribution in [-0.4, -0.2) is 26.3 Å². The minimum atomic E-state index is -0.630. The summed E-state index contributed by atoms with van der Waals surface area (Å²) in [7, 11) is 3.09. The van der Waals surface area contributed by atoms with E-state index in [1.807, 2.05) is 44.2 Å². The van der Waals surface area contributed by atoms with Gasteiger partial charge in [-0.1, -0.05) is 61.9 Å². The number of benzene rings is 2. The largest absolute Gasteiger partial charge is 0.493 e. The number of hydrogen-bond acceptors (Lipinski definition) is 4. The van der Waals surface area contributed by atoms with Crippen molar-refractivity contribution < 1.29 is 19.0 Å². The molecule has 0 fully saturated rings. The zero-order valence-electron chi connectivity index (χ0n) is 16.9. The Balaban J connectivity index is 2.17. The molecule has 0 saturated heterocycles. The topological polar surface area (TPSA) is 44.8 Å². The van der Waals surface area contributed by atoms with E-state index in [-0.39, 0.29) is 5.92 Å². The highest BCUT2D eigenvalue weighted by atomic mass is 79.9. The molecule has 0 aliphatic rings. The first-order valence-corrected chi connectivity index (χ1v) is 9.91. The number of rotatable bonds is 5. The van der Waals surface area contributed by atoms with Gasteiger partial charge in [0, 0.05) is 23.8 Å². The van der Waals surface area contributed by atoms with Gasteiger partial charge >= 0.3 is 5.97 Å². The molecule has 0 N–H and O–H groups in total. The lowest BCUT2D eigenvalue weighted by atomic mass is 10.1. The molecule has 2 aromatic carbocycles. The van der Waals surface area contributed by atoms with Crippen LogP contribution in [0.1, 0.15) is 25.0 Å². The van der Waals surface area contributed by atoms with Crippen LogP contribution in [0.3, 0.4) is 0 Å². The van der Waals surface area contributed by atoms with Crippen molar-refractivity contribution in [2.45, 2.75) is 26.4 Å². The van der Waals surface area contributed by atoms with Crippen molar-refractivity contribution in [1.29, 1.82) is 0 Å². The van der Waals surface area contributed by atoms with E-state index in [1.54, 1.807) is 19.2 Å². The van der Waals surface area contributed by atoms with Crippen molar-refractivity contribution in [2.75, 3.05) is 14.2 Å². The van der Waals surface area contributed by atoms with Gasteiger partial charge in [-0.25, -0.2) is 4.79 Å². The fraction of sp³-hybridized carbons (Fsp3) is 0.292. The Morgan fingerprint density at radius 3 is 2.41 bits per heavy atom. The van der Waals surface area contributed by atoms with Crippen LogP contribution in [0.2, 0.25) is 0 Å². The number of methoxy groups -OCH3 is 2. The SMILES string of the molecule is COc1cc(C#CC(=O)OC(C#CC(C)C)Cc2ccccc2)cc(Br)c1OC. The predicted octanol–water partition coefficient (Wildman–Crippen LogP) is 4.63. The van der Waals surface area contributed by atoms with E-state index in [9.17, 15) is 4.79 Å². The zero-order chi connectivity index (χ0) is 21.2. The molecule has 0 aliphatic carbocycles. The summed E-state index contributed by atoms with van der Waals surface area (Å²) >= 11 is 3.41. The van der Waals surface area contributed by atoms with Gasteiger partial charge < -0.3 is 14.2 Å². The van der Waals surface area contributed by atoms with E-state index in [0.717, 1.165) is 5.56 Å². The highest BCUT2D eigenvalue weighted by Gasteiger charge is 2.12. The first-order valence-electron chi connectivity index (χ1n) is 9.12. The molecule has 0 radical (unpaired) electrons. The van der Waals surface area contributed by atoms with Crippen LogP contribution >= 0.6 is 15.9 Å². The fourth-order valence-electron chi connectivity index (χ4n) is 2.48. The van der Waals surface area contributed by atoms with Crippen LogP contribution in [0.25, 0.3) is 0 Å². The normalized spacial score (nSPS) is 10.8. The molecular formula is C24H23BrO4. The molecule has 1 atom stereocenters. The molecule has 0 aliphatic heterocycles. The second kappa shape index (κ2) is 11.2. The van der Waals surface area contributed by atoms with Crippen LogP contribution < -0.4 is 9.47 Å². The summed E-state index contributed by atoms with van der Waals surface area (Å²) in [4.78, 5) is 12.3. The molecule has 5 heteroatoms. The molecule has 0 bridgehead atoms. The molecule has 0 heterocycles. The van der Waals surface area contributed by atoms with Gasteiger partial charge in [-0.3, -0.25) is 0 Å². The van der Waals surface area contributed by atoms with Gasteiger partial charge in [0.05, 0.1) is 18.7 Å². The summed E-state index contributed by atoms with van der Waals surface area (Å²) in [6, 6.07) is 13.2. The van der Waals surface area contributed by atoms with Crippen molar-refractivity contribution in [1.82, 2.24) is 0 Å². The average Bonchev–Trinajstić information content (AvgIpc) is 2.70. The molecule has 2 rings (SSSR count). The molecule has 0 spiro atoms. The van der Waals surface area contributed by atoms with Crippen LogP contribution in [0.15, 0.2) is 46.9 Å². The van der Waals surface area contributed by atoms with Crippen LogP contribution in [-0.2, 0) is 16.0 Å². The van der Waals surface area contributed by atoms with Crippen LogP contribution in [0, 0.1) is 29.6 Å². The average molecular weight is 455 g/mol. The quantitative estimate of drug-likeness (QED) is 0.487. The Morgan fingerprint density at radius 2 is 1.79 bits per heavy atom. The number of hydrogen-bond donors (Lipinski definition) is 0. The Bertz CT molecular complexity index is 959. The standard InChI is InChI=1S/C24H23BrO4/c1-17(2)10-12-20(14-18-8-6-5-7-9-18)29-23(26)13-11-19-15-21(25)24(28-4)22(16-19)27-3/h5-9,15-17,20H,14H2,1-4H3. The van der Waals surface area contributed by atoms with Crippen LogP contribution in [0.4, 0.5) is 0 Å².